The van der Waals surface area contributed by atoms with Gasteiger partial charge in [0.15, 0.2) is 0 Å². The Kier molecular flexibility index (Phi) is 7.11. The highest BCUT2D eigenvalue weighted by atomic mass is 16.6. The zero-order valence-electron chi connectivity index (χ0n) is 11.3. The number of benzene rings is 1. The number of hydrogen-bond acceptors (Lipinski definition) is 2. The second-order valence-corrected chi connectivity index (χ2v) is 4.51. The van der Waals surface area contributed by atoms with Crippen LogP contribution in [0.3, 0.4) is 0 Å². The topological polar surface area (TPSA) is 38.3 Å². The van der Waals surface area contributed by atoms with E-state index in [2.05, 4.69) is 19.3 Å². The highest BCUT2D eigenvalue weighted by molar-refractivity contribution is 5.77. The lowest BCUT2D eigenvalue weighted by molar-refractivity contribution is -0.139. The van der Waals surface area contributed by atoms with Gasteiger partial charge in [-0.25, -0.2) is 5.48 Å². The minimum Gasteiger partial charge on any atom is -0.273 e. The maximum atomic E-state index is 11.9. The molecule has 0 saturated heterocycles. The molecule has 0 heterocycles. The number of carbonyl (C=O) groups excluding carboxylic acids is 1. The third-order valence-corrected chi connectivity index (χ3v) is 2.90. The highest BCUT2D eigenvalue weighted by Crippen LogP contribution is 2.13. The van der Waals surface area contributed by atoms with Crippen LogP contribution in [0, 0.1) is 5.92 Å². The summed E-state index contributed by atoms with van der Waals surface area (Å²) in [4.78, 5) is 17.1. The summed E-state index contributed by atoms with van der Waals surface area (Å²) in [5.74, 6) is 0.0883. The summed E-state index contributed by atoms with van der Waals surface area (Å²) < 4.78 is 0. The molecule has 0 bridgehead atoms. The molecule has 0 aromatic heterocycles. The van der Waals surface area contributed by atoms with Gasteiger partial charge in [-0.3, -0.25) is 9.63 Å². The van der Waals surface area contributed by atoms with Crippen LogP contribution < -0.4 is 5.48 Å². The Morgan fingerprint density at radius 2 is 1.78 bits per heavy atom. The van der Waals surface area contributed by atoms with Crippen LogP contribution in [0.5, 0.6) is 0 Å². The number of carbonyl (C=O) groups is 1. The predicted molar refractivity (Wildman–Crippen MR) is 72.7 cm³/mol. The van der Waals surface area contributed by atoms with E-state index < -0.39 is 0 Å². The van der Waals surface area contributed by atoms with E-state index in [9.17, 15) is 4.79 Å². The van der Waals surface area contributed by atoms with Crippen LogP contribution in [0.25, 0.3) is 0 Å². The molecular weight excluding hydrogens is 226 g/mol. The average Bonchev–Trinajstić information content (AvgIpc) is 2.39. The van der Waals surface area contributed by atoms with Crippen molar-refractivity contribution >= 4 is 5.91 Å². The minimum absolute atomic E-state index is 0.00892. The molecule has 1 amide bonds. The molecule has 3 nitrogen and oxygen atoms in total. The van der Waals surface area contributed by atoms with Crippen molar-refractivity contribution in [1.29, 1.82) is 0 Å². The molecule has 0 aliphatic carbocycles. The van der Waals surface area contributed by atoms with E-state index in [1.165, 1.54) is 0 Å². The van der Waals surface area contributed by atoms with Crippen molar-refractivity contribution < 1.29 is 9.63 Å². The Labute approximate surface area is 109 Å². The van der Waals surface area contributed by atoms with Crippen molar-refractivity contribution in [3.63, 3.8) is 0 Å². The second-order valence-electron chi connectivity index (χ2n) is 4.51. The van der Waals surface area contributed by atoms with Crippen molar-refractivity contribution in [3.05, 3.63) is 35.9 Å². The molecule has 0 aliphatic heterocycles. The first-order chi connectivity index (χ1) is 8.77. The third kappa shape index (κ3) is 5.32. The van der Waals surface area contributed by atoms with E-state index in [4.69, 9.17) is 4.84 Å². The Morgan fingerprint density at radius 1 is 1.17 bits per heavy atom. The molecule has 0 unspecified atom stereocenters. The number of rotatable bonds is 8. The molecule has 100 valence electrons. The summed E-state index contributed by atoms with van der Waals surface area (Å²) in [5, 5.41) is 0. The summed E-state index contributed by atoms with van der Waals surface area (Å²) >= 11 is 0. The number of amides is 1. The van der Waals surface area contributed by atoms with Crippen LogP contribution in [0.1, 0.15) is 45.1 Å². The fraction of sp³-hybridized carbons (Fsp3) is 0.533. The molecule has 0 fully saturated rings. The van der Waals surface area contributed by atoms with Gasteiger partial charge in [0.1, 0.15) is 0 Å². The molecule has 0 aliphatic rings. The summed E-state index contributed by atoms with van der Waals surface area (Å²) in [6.45, 7) is 4.61. The lowest BCUT2D eigenvalue weighted by atomic mass is 9.98. The molecule has 3 heteroatoms. The molecule has 0 spiro atoms. The minimum atomic E-state index is 0.00892. The molecule has 1 rings (SSSR count). The molecule has 0 radical (unpaired) electrons. The van der Waals surface area contributed by atoms with E-state index in [1.54, 1.807) is 0 Å². The van der Waals surface area contributed by atoms with Gasteiger partial charge in [0.25, 0.3) is 0 Å². The quantitative estimate of drug-likeness (QED) is 0.717. The zero-order chi connectivity index (χ0) is 13.2. The van der Waals surface area contributed by atoms with Crippen LogP contribution in [0.4, 0.5) is 0 Å². The van der Waals surface area contributed by atoms with Crippen molar-refractivity contribution in [3.8, 4) is 0 Å². The highest BCUT2D eigenvalue weighted by Gasteiger charge is 2.16. The van der Waals surface area contributed by atoms with Crippen molar-refractivity contribution in [2.24, 2.45) is 5.92 Å². The van der Waals surface area contributed by atoms with Gasteiger partial charge in [-0.2, -0.15) is 0 Å². The monoisotopic (exact) mass is 249 g/mol. The van der Waals surface area contributed by atoms with E-state index in [-0.39, 0.29) is 11.8 Å². The van der Waals surface area contributed by atoms with Gasteiger partial charge in [-0.15, -0.1) is 0 Å². The van der Waals surface area contributed by atoms with Crippen LogP contribution >= 0.6 is 0 Å². The first-order valence-corrected chi connectivity index (χ1v) is 6.73. The summed E-state index contributed by atoms with van der Waals surface area (Å²) in [6, 6.07) is 9.82. The Hall–Kier alpha value is -1.35. The first kappa shape index (κ1) is 14.7. The van der Waals surface area contributed by atoms with Gasteiger partial charge in [-0.1, -0.05) is 57.0 Å². The molecule has 18 heavy (non-hydrogen) atoms. The molecule has 1 aromatic carbocycles. The Balaban J connectivity index is 2.30. The van der Waals surface area contributed by atoms with Gasteiger partial charge < -0.3 is 0 Å². The van der Waals surface area contributed by atoms with Crippen LogP contribution in [0.2, 0.25) is 0 Å². The van der Waals surface area contributed by atoms with Crippen LogP contribution in [-0.4, -0.2) is 5.91 Å². The molecule has 0 atom stereocenters. The van der Waals surface area contributed by atoms with Gasteiger partial charge in [-0.05, 0) is 18.4 Å². The summed E-state index contributed by atoms with van der Waals surface area (Å²) in [5.41, 5.74) is 3.62. The lowest BCUT2D eigenvalue weighted by Gasteiger charge is -2.14. The van der Waals surface area contributed by atoms with Gasteiger partial charge in [0, 0.05) is 5.92 Å². The fourth-order valence-corrected chi connectivity index (χ4v) is 1.95. The van der Waals surface area contributed by atoms with E-state index >= 15 is 0 Å². The second kappa shape index (κ2) is 8.70. The normalized spacial score (nSPS) is 10.6. The predicted octanol–water partition coefficient (Wildman–Crippen LogP) is 3.45. The van der Waals surface area contributed by atoms with Crippen molar-refractivity contribution in [1.82, 2.24) is 5.48 Å². The van der Waals surface area contributed by atoms with Crippen LogP contribution in [-0.2, 0) is 16.2 Å². The summed E-state index contributed by atoms with van der Waals surface area (Å²) in [6.07, 6.45) is 3.90. The largest absolute Gasteiger partial charge is 0.273 e. The Bertz CT molecular complexity index is 332. The van der Waals surface area contributed by atoms with Crippen LogP contribution in [0.15, 0.2) is 30.3 Å². The average molecular weight is 249 g/mol. The molecule has 1 aromatic rings. The molecule has 1 N–H and O–H groups in total. The first-order valence-electron chi connectivity index (χ1n) is 6.73. The van der Waals surface area contributed by atoms with Crippen molar-refractivity contribution in [2.45, 2.75) is 46.1 Å². The van der Waals surface area contributed by atoms with Gasteiger partial charge in [0.2, 0.25) is 5.91 Å². The van der Waals surface area contributed by atoms with Crippen molar-refractivity contribution in [2.75, 3.05) is 0 Å². The van der Waals surface area contributed by atoms with E-state index in [0.717, 1.165) is 31.2 Å². The number of hydrogen-bond donors (Lipinski definition) is 1. The fourth-order valence-electron chi connectivity index (χ4n) is 1.95. The number of hydroxylamine groups is 1. The Morgan fingerprint density at radius 3 is 2.33 bits per heavy atom. The van der Waals surface area contributed by atoms with Gasteiger partial charge >= 0.3 is 0 Å². The maximum Gasteiger partial charge on any atom is 0.246 e. The standard InChI is InChI=1S/C15H23NO2/c1-3-8-14(9-4-2)15(17)16-18-12-13-10-6-5-7-11-13/h5-7,10-11,14H,3-4,8-9,12H2,1-2H3,(H,16,17). The maximum absolute atomic E-state index is 11.9. The molecule has 0 saturated carbocycles. The third-order valence-electron chi connectivity index (χ3n) is 2.90. The van der Waals surface area contributed by atoms with E-state index in [1.807, 2.05) is 30.3 Å². The molecular formula is C15H23NO2. The SMILES string of the molecule is CCCC(CCC)C(=O)NOCc1ccccc1. The number of nitrogens with one attached hydrogen (secondary N) is 1. The smallest absolute Gasteiger partial charge is 0.246 e. The van der Waals surface area contributed by atoms with E-state index in [0.29, 0.717) is 6.61 Å². The van der Waals surface area contributed by atoms with Gasteiger partial charge in [0.05, 0.1) is 6.61 Å². The lowest BCUT2D eigenvalue weighted by Crippen LogP contribution is -2.30. The zero-order valence-corrected chi connectivity index (χ0v) is 11.3. The summed E-state index contributed by atoms with van der Waals surface area (Å²) in [7, 11) is 0.